The quantitative estimate of drug-likeness (QED) is 0.926. The maximum atomic E-state index is 13.4. The molecule has 5 heteroatoms. The van der Waals surface area contributed by atoms with Crippen LogP contribution in [0.1, 0.15) is 17.8 Å². The van der Waals surface area contributed by atoms with Crippen molar-refractivity contribution in [3.8, 4) is 10.6 Å². The summed E-state index contributed by atoms with van der Waals surface area (Å²) in [4.78, 5) is 5.47. The van der Waals surface area contributed by atoms with Gasteiger partial charge in [0.2, 0.25) is 0 Å². The van der Waals surface area contributed by atoms with Gasteiger partial charge in [0.05, 0.1) is 4.47 Å². The van der Waals surface area contributed by atoms with E-state index in [-0.39, 0.29) is 11.9 Å². The summed E-state index contributed by atoms with van der Waals surface area (Å²) in [6.45, 7) is 2.07. The molecule has 1 aromatic heterocycles. The van der Waals surface area contributed by atoms with Crippen molar-refractivity contribution < 1.29 is 4.39 Å². The fourth-order valence-electron chi connectivity index (χ4n) is 1.39. The van der Waals surface area contributed by atoms with Gasteiger partial charge in [-0.15, -0.1) is 11.3 Å². The van der Waals surface area contributed by atoms with Crippen LogP contribution in [-0.4, -0.2) is 12.0 Å². The van der Waals surface area contributed by atoms with E-state index in [1.807, 2.05) is 19.3 Å². The van der Waals surface area contributed by atoms with Gasteiger partial charge in [-0.05, 0) is 42.0 Å². The molecule has 2 rings (SSSR count). The van der Waals surface area contributed by atoms with E-state index in [2.05, 4.69) is 33.2 Å². The molecule has 0 fully saturated rings. The molecule has 0 saturated heterocycles. The predicted octanol–water partition coefficient (Wildman–Crippen LogP) is 3.99. The Morgan fingerprint density at radius 1 is 1.47 bits per heavy atom. The molecular weight excluding hydrogens is 303 g/mol. The first-order chi connectivity index (χ1) is 8.11. The zero-order valence-electron chi connectivity index (χ0n) is 9.50. The minimum atomic E-state index is -0.263. The van der Waals surface area contributed by atoms with Crippen LogP contribution in [0.15, 0.2) is 28.9 Å². The number of halogens is 2. The first-order valence-electron chi connectivity index (χ1n) is 5.20. The van der Waals surface area contributed by atoms with Gasteiger partial charge in [0, 0.05) is 22.7 Å². The Hall–Kier alpha value is -0.780. The molecule has 0 aliphatic carbocycles. The van der Waals surface area contributed by atoms with Crippen LogP contribution in [0, 0.1) is 5.82 Å². The zero-order chi connectivity index (χ0) is 12.4. The van der Waals surface area contributed by atoms with Crippen LogP contribution in [0.4, 0.5) is 4.39 Å². The lowest BCUT2D eigenvalue weighted by Gasteiger charge is -2.04. The van der Waals surface area contributed by atoms with Gasteiger partial charge in [0.25, 0.3) is 0 Å². The average molecular weight is 315 g/mol. The molecule has 1 unspecified atom stereocenters. The molecule has 1 N–H and O–H groups in total. The van der Waals surface area contributed by atoms with Crippen molar-refractivity contribution in [2.45, 2.75) is 13.0 Å². The van der Waals surface area contributed by atoms with Crippen molar-refractivity contribution in [2.24, 2.45) is 0 Å². The highest BCUT2D eigenvalue weighted by Gasteiger charge is 2.10. The van der Waals surface area contributed by atoms with Gasteiger partial charge in [0.1, 0.15) is 10.8 Å². The van der Waals surface area contributed by atoms with Gasteiger partial charge in [0.15, 0.2) is 0 Å². The number of aromatic nitrogens is 1. The summed E-state index contributed by atoms with van der Waals surface area (Å²) in [7, 11) is 1.91. The smallest absolute Gasteiger partial charge is 0.138 e. The second kappa shape index (κ2) is 5.25. The predicted molar refractivity (Wildman–Crippen MR) is 72.7 cm³/mol. The maximum absolute atomic E-state index is 13.4. The van der Waals surface area contributed by atoms with Crippen molar-refractivity contribution in [1.29, 1.82) is 0 Å². The molecule has 2 aromatic rings. The summed E-state index contributed by atoms with van der Waals surface area (Å²) in [6.07, 6.45) is 1.83. The van der Waals surface area contributed by atoms with Gasteiger partial charge < -0.3 is 5.32 Å². The summed E-state index contributed by atoms with van der Waals surface area (Å²) < 4.78 is 13.9. The van der Waals surface area contributed by atoms with E-state index in [0.717, 1.165) is 15.4 Å². The Labute approximate surface area is 112 Å². The maximum Gasteiger partial charge on any atom is 0.138 e. The number of rotatable bonds is 3. The van der Waals surface area contributed by atoms with Crippen molar-refractivity contribution in [2.75, 3.05) is 7.05 Å². The highest BCUT2D eigenvalue weighted by atomic mass is 79.9. The SMILES string of the molecule is CNC(C)c1cnc(-c2ccc(Br)c(F)c2)s1. The van der Waals surface area contributed by atoms with Gasteiger partial charge in [-0.25, -0.2) is 9.37 Å². The molecule has 2 nitrogen and oxygen atoms in total. The van der Waals surface area contributed by atoms with Gasteiger partial charge >= 0.3 is 0 Å². The molecule has 0 aliphatic heterocycles. The van der Waals surface area contributed by atoms with Crippen LogP contribution < -0.4 is 5.32 Å². The normalized spacial score (nSPS) is 12.7. The molecule has 17 heavy (non-hydrogen) atoms. The van der Waals surface area contributed by atoms with E-state index >= 15 is 0 Å². The lowest BCUT2D eigenvalue weighted by molar-refractivity contribution is 0.621. The minimum Gasteiger partial charge on any atom is -0.312 e. The first kappa shape index (κ1) is 12.7. The summed E-state index contributed by atoms with van der Waals surface area (Å²) >= 11 is 4.72. The van der Waals surface area contributed by atoms with E-state index in [1.165, 1.54) is 6.07 Å². The van der Waals surface area contributed by atoms with E-state index in [1.54, 1.807) is 17.4 Å². The largest absolute Gasteiger partial charge is 0.312 e. The average Bonchev–Trinajstić information content (AvgIpc) is 2.81. The van der Waals surface area contributed by atoms with Gasteiger partial charge in [-0.1, -0.05) is 6.07 Å². The van der Waals surface area contributed by atoms with Crippen molar-refractivity contribution in [3.63, 3.8) is 0 Å². The van der Waals surface area contributed by atoms with Crippen molar-refractivity contribution >= 4 is 27.3 Å². The summed E-state index contributed by atoms with van der Waals surface area (Å²) in [5.74, 6) is -0.263. The molecule has 1 atom stereocenters. The molecule has 0 saturated carbocycles. The Balaban J connectivity index is 2.33. The molecule has 1 heterocycles. The molecule has 0 bridgehead atoms. The number of nitrogens with one attached hydrogen (secondary N) is 1. The molecule has 1 aromatic carbocycles. The van der Waals surface area contributed by atoms with Crippen LogP contribution >= 0.6 is 27.3 Å². The molecule has 0 radical (unpaired) electrons. The van der Waals surface area contributed by atoms with Crippen molar-refractivity contribution in [3.05, 3.63) is 39.6 Å². The van der Waals surface area contributed by atoms with Gasteiger partial charge in [-0.2, -0.15) is 0 Å². The number of hydrogen-bond donors (Lipinski definition) is 1. The number of thiazole rings is 1. The highest BCUT2D eigenvalue weighted by Crippen LogP contribution is 2.30. The van der Waals surface area contributed by atoms with Gasteiger partial charge in [-0.3, -0.25) is 0 Å². The molecule has 0 aliphatic rings. The number of benzene rings is 1. The van der Waals surface area contributed by atoms with Crippen LogP contribution in [0.25, 0.3) is 10.6 Å². The topological polar surface area (TPSA) is 24.9 Å². The Kier molecular flexibility index (Phi) is 3.91. The zero-order valence-corrected chi connectivity index (χ0v) is 11.9. The number of hydrogen-bond acceptors (Lipinski definition) is 3. The molecule has 0 amide bonds. The number of nitrogens with zero attached hydrogens (tertiary/aromatic N) is 1. The monoisotopic (exact) mass is 314 g/mol. The van der Waals surface area contributed by atoms with Crippen LogP contribution in [0.2, 0.25) is 0 Å². The highest BCUT2D eigenvalue weighted by molar-refractivity contribution is 9.10. The molecule has 0 spiro atoms. The summed E-state index contributed by atoms with van der Waals surface area (Å²) in [5.41, 5.74) is 0.810. The van der Waals surface area contributed by atoms with Crippen LogP contribution in [-0.2, 0) is 0 Å². The standard InChI is InChI=1S/C12H12BrFN2S/c1-7(15-2)11-6-16-12(17-11)8-3-4-9(13)10(14)5-8/h3-7,15H,1-2H3. The third-order valence-corrected chi connectivity index (χ3v) is 4.42. The van der Waals surface area contributed by atoms with E-state index in [0.29, 0.717) is 4.47 Å². The minimum absolute atomic E-state index is 0.263. The van der Waals surface area contributed by atoms with E-state index < -0.39 is 0 Å². The van der Waals surface area contributed by atoms with Crippen LogP contribution in [0.5, 0.6) is 0 Å². The van der Waals surface area contributed by atoms with E-state index in [9.17, 15) is 4.39 Å². The Morgan fingerprint density at radius 2 is 2.24 bits per heavy atom. The first-order valence-corrected chi connectivity index (χ1v) is 6.81. The third-order valence-electron chi connectivity index (χ3n) is 2.55. The molecule has 90 valence electrons. The molecular formula is C12H12BrFN2S. The second-order valence-electron chi connectivity index (χ2n) is 3.71. The summed E-state index contributed by atoms with van der Waals surface area (Å²) in [6, 6.07) is 5.32. The van der Waals surface area contributed by atoms with Crippen LogP contribution in [0.3, 0.4) is 0 Å². The fourth-order valence-corrected chi connectivity index (χ4v) is 2.61. The Bertz CT molecular complexity index is 527. The fraction of sp³-hybridized carbons (Fsp3) is 0.250. The summed E-state index contributed by atoms with van der Waals surface area (Å²) in [5, 5.41) is 4.00. The van der Waals surface area contributed by atoms with E-state index in [4.69, 9.17) is 0 Å². The van der Waals surface area contributed by atoms with Crippen molar-refractivity contribution in [1.82, 2.24) is 10.3 Å². The lowest BCUT2D eigenvalue weighted by Crippen LogP contribution is -2.10. The third kappa shape index (κ3) is 2.73. The lowest BCUT2D eigenvalue weighted by atomic mass is 10.2. The Morgan fingerprint density at radius 3 is 2.88 bits per heavy atom. The second-order valence-corrected chi connectivity index (χ2v) is 5.62.